The summed E-state index contributed by atoms with van der Waals surface area (Å²) in [6, 6.07) is 0.129. The predicted molar refractivity (Wildman–Crippen MR) is 70.8 cm³/mol. The lowest BCUT2D eigenvalue weighted by molar-refractivity contribution is -0.129. The van der Waals surface area contributed by atoms with Gasteiger partial charge in [-0.3, -0.25) is 9.59 Å². The van der Waals surface area contributed by atoms with Crippen LogP contribution in [0.4, 0.5) is 0 Å². The fourth-order valence-electron chi connectivity index (χ4n) is 2.16. The molecule has 5 nitrogen and oxygen atoms in total. The van der Waals surface area contributed by atoms with Gasteiger partial charge in [0.05, 0.1) is 6.54 Å². The summed E-state index contributed by atoms with van der Waals surface area (Å²) < 4.78 is 0. The second-order valence-electron chi connectivity index (χ2n) is 5.54. The summed E-state index contributed by atoms with van der Waals surface area (Å²) >= 11 is 0. The van der Waals surface area contributed by atoms with E-state index >= 15 is 0 Å². The van der Waals surface area contributed by atoms with Gasteiger partial charge in [-0.15, -0.1) is 0 Å². The molecule has 1 saturated carbocycles. The van der Waals surface area contributed by atoms with E-state index in [9.17, 15) is 9.59 Å². The van der Waals surface area contributed by atoms with Gasteiger partial charge >= 0.3 is 0 Å². The van der Waals surface area contributed by atoms with Crippen molar-refractivity contribution >= 4 is 11.8 Å². The Bertz CT molecular complexity index is 292. The van der Waals surface area contributed by atoms with Crippen LogP contribution in [-0.4, -0.2) is 30.9 Å². The van der Waals surface area contributed by atoms with Crippen molar-refractivity contribution in [3.05, 3.63) is 0 Å². The van der Waals surface area contributed by atoms with Crippen molar-refractivity contribution < 1.29 is 9.59 Å². The Hall–Kier alpha value is -1.10. The molecule has 0 aromatic carbocycles. The summed E-state index contributed by atoms with van der Waals surface area (Å²) in [5, 5.41) is 5.46. The fourth-order valence-corrected chi connectivity index (χ4v) is 2.16. The average molecular weight is 255 g/mol. The molecule has 0 heterocycles. The van der Waals surface area contributed by atoms with E-state index in [2.05, 4.69) is 10.6 Å². The molecule has 0 aliphatic heterocycles. The van der Waals surface area contributed by atoms with Gasteiger partial charge in [0.15, 0.2) is 0 Å². The normalized spacial score (nSPS) is 23.8. The number of nitrogens with one attached hydrogen (secondary N) is 2. The lowest BCUT2D eigenvalue weighted by Gasteiger charge is -2.25. The van der Waals surface area contributed by atoms with E-state index in [1.54, 1.807) is 0 Å². The number of hydrogen-bond donors (Lipinski definition) is 3. The van der Waals surface area contributed by atoms with E-state index in [4.69, 9.17) is 5.73 Å². The fraction of sp³-hybridized carbons (Fsp3) is 0.846. The van der Waals surface area contributed by atoms with Crippen molar-refractivity contribution in [3.63, 3.8) is 0 Å². The van der Waals surface area contributed by atoms with E-state index < -0.39 is 0 Å². The molecule has 1 aliphatic rings. The number of hydrogen-bond acceptors (Lipinski definition) is 3. The maximum absolute atomic E-state index is 11.8. The summed E-state index contributed by atoms with van der Waals surface area (Å²) in [6.07, 6.45) is 3.62. The lowest BCUT2D eigenvalue weighted by atomic mass is 9.85. The minimum Gasteiger partial charge on any atom is -0.354 e. The molecule has 1 rings (SSSR count). The molecule has 2 unspecified atom stereocenters. The highest BCUT2D eigenvalue weighted by atomic mass is 16.2. The van der Waals surface area contributed by atoms with Gasteiger partial charge in [0, 0.05) is 18.5 Å². The molecule has 0 aromatic rings. The first-order chi connectivity index (χ1) is 8.49. The molecule has 104 valence electrons. The van der Waals surface area contributed by atoms with E-state index in [1.807, 2.05) is 13.8 Å². The smallest absolute Gasteiger partial charge is 0.239 e. The zero-order chi connectivity index (χ0) is 13.5. The number of rotatable bonds is 5. The summed E-state index contributed by atoms with van der Waals surface area (Å²) in [5.41, 5.74) is 5.84. The first kappa shape index (κ1) is 15.0. The van der Waals surface area contributed by atoms with Crippen LogP contribution < -0.4 is 16.4 Å². The number of carbonyl (C=O) groups is 2. The van der Waals surface area contributed by atoms with Gasteiger partial charge in [-0.1, -0.05) is 20.3 Å². The van der Waals surface area contributed by atoms with Crippen LogP contribution in [0.15, 0.2) is 0 Å². The maximum atomic E-state index is 11.8. The van der Waals surface area contributed by atoms with Crippen molar-refractivity contribution in [1.82, 2.24) is 10.6 Å². The number of amides is 2. The van der Waals surface area contributed by atoms with Gasteiger partial charge < -0.3 is 16.4 Å². The molecule has 1 aliphatic carbocycles. The summed E-state index contributed by atoms with van der Waals surface area (Å²) in [6.45, 7) is 4.77. The molecule has 0 spiro atoms. The third-order valence-electron chi connectivity index (χ3n) is 3.22. The zero-order valence-corrected chi connectivity index (χ0v) is 11.4. The van der Waals surface area contributed by atoms with Crippen molar-refractivity contribution in [3.8, 4) is 0 Å². The molecule has 0 saturated heterocycles. The second-order valence-corrected chi connectivity index (χ2v) is 5.54. The standard InChI is InChI=1S/C13H25N3O2/c1-9(2)7-15-12(17)8-16-13(18)10-4-3-5-11(14)6-10/h9-11H,3-8,14H2,1-2H3,(H,15,17)(H,16,18). The molecule has 2 atom stereocenters. The highest BCUT2D eigenvalue weighted by Gasteiger charge is 2.25. The van der Waals surface area contributed by atoms with Crippen LogP contribution in [0.5, 0.6) is 0 Å². The van der Waals surface area contributed by atoms with E-state index in [0.29, 0.717) is 12.5 Å². The van der Waals surface area contributed by atoms with Crippen LogP contribution in [0.3, 0.4) is 0 Å². The molecule has 0 radical (unpaired) electrons. The van der Waals surface area contributed by atoms with Gasteiger partial charge in [0.2, 0.25) is 11.8 Å². The summed E-state index contributed by atoms with van der Waals surface area (Å²) in [4.78, 5) is 23.3. The Labute approximate surface area is 109 Å². The predicted octanol–water partition coefficient (Wildman–Crippen LogP) is 0.392. The van der Waals surface area contributed by atoms with Crippen molar-refractivity contribution in [1.29, 1.82) is 0 Å². The summed E-state index contributed by atoms with van der Waals surface area (Å²) in [7, 11) is 0. The highest BCUT2D eigenvalue weighted by Crippen LogP contribution is 2.22. The van der Waals surface area contributed by atoms with Crippen LogP contribution in [0, 0.1) is 11.8 Å². The molecule has 0 aromatic heterocycles. The van der Waals surface area contributed by atoms with E-state index in [0.717, 1.165) is 25.7 Å². The van der Waals surface area contributed by atoms with E-state index in [1.165, 1.54) is 0 Å². The van der Waals surface area contributed by atoms with Gasteiger partial charge in [0.1, 0.15) is 0 Å². The maximum Gasteiger partial charge on any atom is 0.239 e. The summed E-state index contributed by atoms with van der Waals surface area (Å²) in [5.74, 6) is 0.231. The van der Waals surface area contributed by atoms with Crippen LogP contribution in [0.1, 0.15) is 39.5 Å². The Balaban J connectivity index is 2.21. The number of carbonyl (C=O) groups excluding carboxylic acids is 2. The highest BCUT2D eigenvalue weighted by molar-refractivity contribution is 5.85. The van der Waals surface area contributed by atoms with Gasteiger partial charge in [-0.05, 0) is 25.2 Å². The molecule has 0 bridgehead atoms. The quantitative estimate of drug-likeness (QED) is 0.664. The molecular weight excluding hydrogens is 230 g/mol. The first-order valence-corrected chi connectivity index (χ1v) is 6.79. The monoisotopic (exact) mass is 255 g/mol. The SMILES string of the molecule is CC(C)CNC(=O)CNC(=O)C1CCCC(N)C1. The van der Waals surface area contributed by atoms with Crippen LogP contribution in [-0.2, 0) is 9.59 Å². The molecular formula is C13H25N3O2. The molecule has 2 amide bonds. The Morgan fingerprint density at radius 1 is 1.28 bits per heavy atom. The lowest BCUT2D eigenvalue weighted by Crippen LogP contribution is -2.42. The molecule has 5 heteroatoms. The average Bonchev–Trinajstić information content (AvgIpc) is 2.33. The van der Waals surface area contributed by atoms with Crippen LogP contribution >= 0.6 is 0 Å². The van der Waals surface area contributed by atoms with Crippen molar-refractivity contribution in [2.24, 2.45) is 17.6 Å². The molecule has 18 heavy (non-hydrogen) atoms. The Kier molecular flexibility index (Phi) is 6.12. The minimum absolute atomic E-state index is 0.0216. The molecule has 4 N–H and O–H groups in total. The van der Waals surface area contributed by atoms with Crippen molar-refractivity contribution in [2.45, 2.75) is 45.6 Å². The molecule has 1 fully saturated rings. The van der Waals surface area contributed by atoms with Gasteiger partial charge in [0.25, 0.3) is 0 Å². The second kappa shape index (κ2) is 7.36. The first-order valence-electron chi connectivity index (χ1n) is 6.79. The van der Waals surface area contributed by atoms with Gasteiger partial charge in [-0.25, -0.2) is 0 Å². The topological polar surface area (TPSA) is 84.2 Å². The van der Waals surface area contributed by atoms with Crippen LogP contribution in [0.2, 0.25) is 0 Å². The van der Waals surface area contributed by atoms with Gasteiger partial charge in [-0.2, -0.15) is 0 Å². The Morgan fingerprint density at radius 3 is 2.61 bits per heavy atom. The Morgan fingerprint density at radius 2 is 2.00 bits per heavy atom. The minimum atomic E-state index is -0.128. The van der Waals surface area contributed by atoms with Crippen molar-refractivity contribution in [2.75, 3.05) is 13.1 Å². The van der Waals surface area contributed by atoms with E-state index in [-0.39, 0.29) is 30.3 Å². The number of nitrogens with two attached hydrogens (primary N) is 1. The third kappa shape index (κ3) is 5.49. The third-order valence-corrected chi connectivity index (χ3v) is 3.22. The largest absolute Gasteiger partial charge is 0.354 e. The zero-order valence-electron chi connectivity index (χ0n) is 11.4. The van der Waals surface area contributed by atoms with Crippen LogP contribution in [0.25, 0.3) is 0 Å².